The van der Waals surface area contributed by atoms with E-state index < -0.39 is 22.0 Å². The Morgan fingerprint density at radius 1 is 1.00 bits per heavy atom. The summed E-state index contributed by atoms with van der Waals surface area (Å²) in [6.07, 6.45) is 2.88. The van der Waals surface area contributed by atoms with Gasteiger partial charge in [-0.25, -0.2) is 8.42 Å². The van der Waals surface area contributed by atoms with Crippen LogP contribution in [0.5, 0.6) is 0 Å². The molecule has 0 radical (unpaired) electrons. The van der Waals surface area contributed by atoms with Crippen LogP contribution in [0.3, 0.4) is 0 Å². The molecule has 0 aliphatic rings. The van der Waals surface area contributed by atoms with Crippen molar-refractivity contribution >= 4 is 27.5 Å². The highest BCUT2D eigenvalue weighted by Gasteiger charge is 2.30. The highest BCUT2D eigenvalue weighted by Crippen LogP contribution is 2.24. The molecule has 0 aromatic heterocycles. The summed E-state index contributed by atoms with van der Waals surface area (Å²) < 4.78 is 26.5. The van der Waals surface area contributed by atoms with Gasteiger partial charge in [0, 0.05) is 13.1 Å². The number of hydrogen-bond acceptors (Lipinski definition) is 4. The molecular formula is C26H37N3O4S. The first kappa shape index (κ1) is 27.4. The van der Waals surface area contributed by atoms with Crippen LogP contribution in [0.25, 0.3) is 0 Å². The number of nitrogens with zero attached hydrogens (tertiary/aromatic N) is 2. The maximum atomic E-state index is 13.6. The molecule has 0 bridgehead atoms. The molecule has 0 aliphatic heterocycles. The van der Waals surface area contributed by atoms with Gasteiger partial charge < -0.3 is 10.2 Å². The first-order valence-corrected chi connectivity index (χ1v) is 13.5. The molecule has 2 aromatic rings. The second-order valence-electron chi connectivity index (χ2n) is 8.89. The highest BCUT2D eigenvalue weighted by molar-refractivity contribution is 7.92. The smallest absolute Gasteiger partial charge is 0.244 e. The summed E-state index contributed by atoms with van der Waals surface area (Å²) in [4.78, 5) is 27.8. The molecule has 2 rings (SSSR count). The third kappa shape index (κ3) is 7.58. The zero-order valence-corrected chi connectivity index (χ0v) is 21.9. The lowest BCUT2D eigenvalue weighted by atomic mass is 10.1. The zero-order chi connectivity index (χ0) is 25.5. The van der Waals surface area contributed by atoms with E-state index in [1.54, 1.807) is 13.0 Å². The molecule has 34 heavy (non-hydrogen) atoms. The lowest BCUT2D eigenvalue weighted by Gasteiger charge is -2.32. The van der Waals surface area contributed by atoms with Crippen molar-refractivity contribution in [3.8, 4) is 0 Å². The third-order valence-electron chi connectivity index (χ3n) is 5.78. The number of amides is 2. The summed E-state index contributed by atoms with van der Waals surface area (Å²) in [6, 6.07) is 12.5. The molecule has 186 valence electrons. The van der Waals surface area contributed by atoms with E-state index in [0.717, 1.165) is 45.7 Å². The van der Waals surface area contributed by atoms with Gasteiger partial charge in [-0.3, -0.25) is 13.9 Å². The number of unbranched alkanes of at least 4 members (excludes halogenated alkanes) is 1. The van der Waals surface area contributed by atoms with Crippen molar-refractivity contribution in [2.45, 2.75) is 60.0 Å². The predicted molar refractivity (Wildman–Crippen MR) is 137 cm³/mol. The Morgan fingerprint density at radius 3 is 2.21 bits per heavy atom. The minimum absolute atomic E-state index is 0.200. The minimum Gasteiger partial charge on any atom is -0.354 e. The van der Waals surface area contributed by atoms with Crippen LogP contribution in [-0.4, -0.2) is 50.5 Å². The molecule has 1 N–H and O–H groups in total. The summed E-state index contributed by atoms with van der Waals surface area (Å²) >= 11 is 0. The number of aryl methyl sites for hydroxylation is 3. The number of rotatable bonds is 11. The number of sulfonamides is 1. The molecule has 0 spiro atoms. The quantitative estimate of drug-likeness (QED) is 0.490. The van der Waals surface area contributed by atoms with E-state index in [1.807, 2.05) is 64.1 Å². The standard InChI is InChI=1S/C26H37N3O4S/c1-7-8-15-27-26(31)22(5)28(17-23-13-10-19(2)11-14-23)25(30)18-29(34(6,32)33)24-16-20(3)9-12-21(24)4/h9-14,16,22H,7-8,15,17-18H2,1-6H3,(H,27,31)/t22-/m1/s1. The van der Waals surface area contributed by atoms with E-state index >= 15 is 0 Å². The highest BCUT2D eigenvalue weighted by atomic mass is 32.2. The summed E-state index contributed by atoms with van der Waals surface area (Å²) in [5, 5.41) is 2.88. The largest absolute Gasteiger partial charge is 0.354 e. The Morgan fingerprint density at radius 2 is 1.62 bits per heavy atom. The van der Waals surface area contributed by atoms with Crippen LogP contribution in [0.4, 0.5) is 5.69 Å². The number of carbonyl (C=O) groups excluding carboxylic acids is 2. The number of nitrogens with one attached hydrogen (secondary N) is 1. The average molecular weight is 488 g/mol. The van der Waals surface area contributed by atoms with Gasteiger partial charge in [0.1, 0.15) is 12.6 Å². The van der Waals surface area contributed by atoms with Gasteiger partial charge in [-0.2, -0.15) is 0 Å². The molecule has 0 saturated heterocycles. The van der Waals surface area contributed by atoms with Gasteiger partial charge in [-0.1, -0.05) is 55.3 Å². The van der Waals surface area contributed by atoms with E-state index in [1.165, 1.54) is 4.90 Å². The van der Waals surface area contributed by atoms with E-state index in [9.17, 15) is 18.0 Å². The molecule has 0 unspecified atom stereocenters. The molecule has 2 aromatic carbocycles. The SMILES string of the molecule is CCCCNC(=O)[C@@H](C)N(Cc1ccc(C)cc1)C(=O)CN(c1cc(C)ccc1C)S(C)(=O)=O. The van der Waals surface area contributed by atoms with E-state index in [-0.39, 0.29) is 19.0 Å². The second kappa shape index (κ2) is 12.0. The normalized spacial score (nSPS) is 12.2. The fourth-order valence-electron chi connectivity index (χ4n) is 3.59. The maximum absolute atomic E-state index is 13.6. The van der Waals surface area contributed by atoms with E-state index in [4.69, 9.17) is 0 Å². The topological polar surface area (TPSA) is 86.8 Å². The van der Waals surface area contributed by atoms with Crippen LogP contribution in [-0.2, 0) is 26.2 Å². The van der Waals surface area contributed by atoms with Gasteiger partial charge >= 0.3 is 0 Å². The van der Waals surface area contributed by atoms with Gasteiger partial charge in [-0.05, 0) is 56.9 Å². The number of anilines is 1. The van der Waals surface area contributed by atoms with Crippen molar-refractivity contribution in [1.29, 1.82) is 0 Å². The van der Waals surface area contributed by atoms with Crippen molar-refractivity contribution in [2.24, 2.45) is 0 Å². The molecule has 0 fully saturated rings. The average Bonchev–Trinajstić information content (AvgIpc) is 2.77. The van der Waals surface area contributed by atoms with Crippen LogP contribution < -0.4 is 9.62 Å². The van der Waals surface area contributed by atoms with E-state index in [2.05, 4.69) is 5.32 Å². The Balaban J connectivity index is 2.38. The van der Waals surface area contributed by atoms with Crippen molar-refractivity contribution in [2.75, 3.05) is 23.7 Å². The van der Waals surface area contributed by atoms with Crippen LogP contribution in [0.1, 0.15) is 48.9 Å². The van der Waals surface area contributed by atoms with Crippen LogP contribution in [0.2, 0.25) is 0 Å². The van der Waals surface area contributed by atoms with Gasteiger partial charge in [0.05, 0.1) is 11.9 Å². The zero-order valence-electron chi connectivity index (χ0n) is 21.1. The Kier molecular flexibility index (Phi) is 9.67. The van der Waals surface area contributed by atoms with Gasteiger partial charge in [0.15, 0.2) is 0 Å². The maximum Gasteiger partial charge on any atom is 0.244 e. The third-order valence-corrected chi connectivity index (χ3v) is 6.91. The molecule has 1 atom stereocenters. The number of benzene rings is 2. The minimum atomic E-state index is -3.74. The van der Waals surface area contributed by atoms with Crippen molar-refractivity contribution in [1.82, 2.24) is 10.2 Å². The lowest BCUT2D eigenvalue weighted by Crippen LogP contribution is -2.51. The molecule has 2 amide bonds. The summed E-state index contributed by atoms with van der Waals surface area (Å²) in [5.74, 6) is -0.698. The Labute approximate surface area is 204 Å². The Hall–Kier alpha value is -2.87. The second-order valence-corrected chi connectivity index (χ2v) is 10.8. The first-order chi connectivity index (χ1) is 15.9. The van der Waals surface area contributed by atoms with Crippen LogP contribution >= 0.6 is 0 Å². The monoisotopic (exact) mass is 487 g/mol. The molecule has 7 nitrogen and oxygen atoms in total. The van der Waals surface area contributed by atoms with Gasteiger partial charge in [0.25, 0.3) is 0 Å². The molecule has 0 heterocycles. The van der Waals surface area contributed by atoms with Crippen LogP contribution in [0, 0.1) is 20.8 Å². The first-order valence-electron chi connectivity index (χ1n) is 11.6. The fourth-order valence-corrected chi connectivity index (χ4v) is 4.49. The molecule has 0 saturated carbocycles. The molecular weight excluding hydrogens is 450 g/mol. The fraction of sp³-hybridized carbons (Fsp3) is 0.462. The van der Waals surface area contributed by atoms with Crippen LogP contribution in [0.15, 0.2) is 42.5 Å². The Bertz CT molecular complexity index is 1100. The number of hydrogen-bond donors (Lipinski definition) is 1. The number of carbonyl (C=O) groups is 2. The van der Waals surface area contributed by atoms with Crippen molar-refractivity contribution < 1.29 is 18.0 Å². The predicted octanol–water partition coefficient (Wildman–Crippen LogP) is 3.71. The molecule has 0 aliphatic carbocycles. The summed E-state index contributed by atoms with van der Waals surface area (Å²) in [7, 11) is -3.74. The molecule has 8 heteroatoms. The van der Waals surface area contributed by atoms with E-state index in [0.29, 0.717) is 12.2 Å². The van der Waals surface area contributed by atoms with Gasteiger partial charge in [0.2, 0.25) is 21.8 Å². The van der Waals surface area contributed by atoms with Crippen molar-refractivity contribution in [3.05, 3.63) is 64.7 Å². The van der Waals surface area contributed by atoms with Gasteiger partial charge in [-0.15, -0.1) is 0 Å². The lowest BCUT2D eigenvalue weighted by molar-refractivity contribution is -0.139. The summed E-state index contributed by atoms with van der Waals surface area (Å²) in [5.41, 5.74) is 4.06. The van der Waals surface area contributed by atoms with Crippen molar-refractivity contribution in [3.63, 3.8) is 0 Å². The summed E-state index contributed by atoms with van der Waals surface area (Å²) in [6.45, 7) is 9.72.